The summed E-state index contributed by atoms with van der Waals surface area (Å²) in [6.07, 6.45) is 0. The van der Waals surface area contributed by atoms with Crippen LogP contribution in [0.2, 0.25) is 0 Å². The van der Waals surface area contributed by atoms with Gasteiger partial charge in [0.1, 0.15) is 5.82 Å². The van der Waals surface area contributed by atoms with Crippen LogP contribution >= 0.6 is 0 Å². The molecule has 0 aromatic heterocycles. The van der Waals surface area contributed by atoms with Gasteiger partial charge in [-0.25, -0.2) is 9.18 Å². The van der Waals surface area contributed by atoms with Crippen LogP contribution in [0.4, 0.5) is 4.39 Å². The highest BCUT2D eigenvalue weighted by molar-refractivity contribution is 7.84. The molecule has 0 aliphatic heterocycles. The van der Waals surface area contributed by atoms with Gasteiger partial charge in [-0.1, -0.05) is 12.1 Å². The molecule has 1 unspecified atom stereocenters. The summed E-state index contributed by atoms with van der Waals surface area (Å²) < 4.78 is 25.6. The fraction of sp³-hybridized carbons (Fsp3) is 0.0667. The number of carbonyl (C=O) groups is 1. The molecule has 2 aromatic rings. The maximum Gasteiger partial charge on any atom is 0.336 e. The van der Waals surface area contributed by atoms with Crippen LogP contribution in [-0.4, -0.2) is 15.3 Å². The van der Waals surface area contributed by atoms with Gasteiger partial charge in [0.05, 0.1) is 38.6 Å². The zero-order valence-electron chi connectivity index (χ0n) is 10.7. The van der Waals surface area contributed by atoms with Crippen LogP contribution < -0.4 is 0 Å². The third kappa shape index (κ3) is 3.52. The third-order valence-corrected chi connectivity index (χ3v) is 4.19. The summed E-state index contributed by atoms with van der Waals surface area (Å²) in [4.78, 5) is 11.3. The van der Waals surface area contributed by atoms with Crippen molar-refractivity contribution in [1.29, 1.82) is 5.26 Å². The minimum Gasteiger partial charge on any atom is -0.478 e. The number of carboxylic acid groups (broad SMARTS) is 1. The highest BCUT2D eigenvalue weighted by Gasteiger charge is 2.15. The molecule has 0 aliphatic carbocycles. The van der Waals surface area contributed by atoms with E-state index < -0.39 is 22.6 Å². The Morgan fingerprint density at radius 1 is 1.29 bits per heavy atom. The Balaban J connectivity index is 2.33. The Morgan fingerprint density at radius 2 is 2.00 bits per heavy atom. The Bertz CT molecular complexity index is 768. The second-order valence-corrected chi connectivity index (χ2v) is 5.67. The standard InChI is InChI=1S/C15H10FNO3S/c16-12-6-10(8-17)5-11(7-12)9-21(20)14-4-2-1-3-13(14)15(18)19/h1-7H,9H2,(H,18,19). The maximum atomic E-state index is 13.3. The van der Waals surface area contributed by atoms with Gasteiger partial charge in [0.15, 0.2) is 0 Å². The van der Waals surface area contributed by atoms with Gasteiger partial charge in [-0.2, -0.15) is 5.26 Å². The summed E-state index contributed by atoms with van der Waals surface area (Å²) in [5, 5.41) is 17.9. The zero-order valence-corrected chi connectivity index (χ0v) is 11.6. The number of nitriles is 1. The first-order chi connectivity index (χ1) is 10.0. The minimum absolute atomic E-state index is 0.0484. The molecule has 1 N–H and O–H groups in total. The van der Waals surface area contributed by atoms with Crippen molar-refractivity contribution < 1.29 is 18.5 Å². The second kappa shape index (κ2) is 6.29. The van der Waals surface area contributed by atoms with Crippen LogP contribution in [0.15, 0.2) is 47.4 Å². The molecule has 0 spiro atoms. The van der Waals surface area contributed by atoms with E-state index in [4.69, 9.17) is 10.4 Å². The van der Waals surface area contributed by atoms with E-state index in [0.717, 1.165) is 6.07 Å². The molecule has 4 nitrogen and oxygen atoms in total. The zero-order chi connectivity index (χ0) is 15.4. The average molecular weight is 303 g/mol. The predicted octanol–water partition coefficient (Wildman–Crippen LogP) is 2.70. The number of rotatable bonds is 4. The SMILES string of the molecule is N#Cc1cc(F)cc(CS(=O)c2ccccc2C(=O)O)c1. The lowest BCUT2D eigenvalue weighted by atomic mass is 10.1. The first-order valence-corrected chi connectivity index (χ1v) is 7.23. The number of carboxylic acids is 1. The number of benzene rings is 2. The third-order valence-electron chi connectivity index (χ3n) is 2.75. The van der Waals surface area contributed by atoms with Gasteiger partial charge in [-0.3, -0.25) is 4.21 Å². The van der Waals surface area contributed by atoms with Crippen LogP contribution in [-0.2, 0) is 16.6 Å². The number of aromatic carboxylic acids is 1. The molecule has 0 radical (unpaired) electrons. The number of hydrogen-bond acceptors (Lipinski definition) is 3. The average Bonchev–Trinajstić information content (AvgIpc) is 2.46. The van der Waals surface area contributed by atoms with Crippen molar-refractivity contribution in [2.24, 2.45) is 0 Å². The molecule has 0 fully saturated rings. The van der Waals surface area contributed by atoms with Crippen LogP contribution in [0.5, 0.6) is 0 Å². The van der Waals surface area contributed by atoms with E-state index >= 15 is 0 Å². The largest absolute Gasteiger partial charge is 0.478 e. The van der Waals surface area contributed by atoms with Crippen LogP contribution in [0.1, 0.15) is 21.5 Å². The highest BCUT2D eigenvalue weighted by Crippen LogP contribution is 2.18. The summed E-state index contributed by atoms with van der Waals surface area (Å²) >= 11 is 0. The fourth-order valence-corrected chi connectivity index (χ4v) is 3.13. The molecule has 6 heteroatoms. The van der Waals surface area contributed by atoms with E-state index in [1.54, 1.807) is 12.1 Å². The molecule has 0 saturated heterocycles. The Labute approximate surface area is 122 Å². The lowest BCUT2D eigenvalue weighted by Crippen LogP contribution is -2.06. The number of nitrogens with zero attached hydrogens (tertiary/aromatic N) is 1. The van der Waals surface area contributed by atoms with E-state index in [2.05, 4.69) is 0 Å². The molecule has 0 heterocycles. The molecule has 2 rings (SSSR count). The normalized spacial score (nSPS) is 11.6. The molecule has 0 aliphatic rings. The summed E-state index contributed by atoms with van der Waals surface area (Å²) in [6, 6.07) is 11.5. The first-order valence-electron chi connectivity index (χ1n) is 5.91. The van der Waals surface area contributed by atoms with Crippen molar-refractivity contribution in [3.05, 3.63) is 65.0 Å². The van der Waals surface area contributed by atoms with Gasteiger partial charge < -0.3 is 5.11 Å². The Hall–Kier alpha value is -2.52. The quantitative estimate of drug-likeness (QED) is 0.942. The van der Waals surface area contributed by atoms with E-state index in [-0.39, 0.29) is 21.8 Å². The van der Waals surface area contributed by atoms with Crippen molar-refractivity contribution in [3.8, 4) is 6.07 Å². The van der Waals surface area contributed by atoms with Crippen molar-refractivity contribution in [1.82, 2.24) is 0 Å². The number of halogens is 1. The molecular formula is C15H10FNO3S. The van der Waals surface area contributed by atoms with E-state index in [9.17, 15) is 13.4 Å². The van der Waals surface area contributed by atoms with E-state index in [1.807, 2.05) is 6.07 Å². The molecule has 0 amide bonds. The van der Waals surface area contributed by atoms with Crippen LogP contribution in [0, 0.1) is 17.1 Å². The minimum atomic E-state index is -1.64. The smallest absolute Gasteiger partial charge is 0.336 e. The van der Waals surface area contributed by atoms with Crippen molar-refractivity contribution in [2.45, 2.75) is 10.6 Å². The molecule has 21 heavy (non-hydrogen) atoms. The topological polar surface area (TPSA) is 78.2 Å². The summed E-state index contributed by atoms with van der Waals surface area (Å²) in [7, 11) is -1.64. The predicted molar refractivity (Wildman–Crippen MR) is 74.6 cm³/mol. The van der Waals surface area contributed by atoms with Crippen LogP contribution in [0.25, 0.3) is 0 Å². The molecule has 2 aromatic carbocycles. The first kappa shape index (κ1) is 14.9. The van der Waals surface area contributed by atoms with Crippen LogP contribution in [0.3, 0.4) is 0 Å². The van der Waals surface area contributed by atoms with Gasteiger partial charge in [-0.05, 0) is 35.9 Å². The van der Waals surface area contributed by atoms with Gasteiger partial charge in [0.2, 0.25) is 0 Å². The van der Waals surface area contributed by atoms with Gasteiger partial charge in [-0.15, -0.1) is 0 Å². The number of hydrogen-bond donors (Lipinski definition) is 1. The van der Waals surface area contributed by atoms with Gasteiger partial charge >= 0.3 is 5.97 Å². The molecule has 106 valence electrons. The summed E-state index contributed by atoms with van der Waals surface area (Å²) in [5.74, 6) is -1.82. The van der Waals surface area contributed by atoms with E-state index in [0.29, 0.717) is 5.56 Å². The second-order valence-electron chi connectivity index (χ2n) is 4.25. The van der Waals surface area contributed by atoms with Gasteiger partial charge in [0.25, 0.3) is 0 Å². The molecule has 0 bridgehead atoms. The molecule has 0 saturated carbocycles. The fourth-order valence-electron chi connectivity index (χ4n) is 1.87. The van der Waals surface area contributed by atoms with Gasteiger partial charge in [0, 0.05) is 0 Å². The summed E-state index contributed by atoms with van der Waals surface area (Å²) in [6.45, 7) is 0. The molecule has 1 atom stereocenters. The van der Waals surface area contributed by atoms with Crippen molar-refractivity contribution in [2.75, 3.05) is 0 Å². The van der Waals surface area contributed by atoms with Crippen molar-refractivity contribution in [3.63, 3.8) is 0 Å². The van der Waals surface area contributed by atoms with E-state index in [1.165, 1.54) is 24.3 Å². The summed E-state index contributed by atoms with van der Waals surface area (Å²) in [5.41, 5.74) is 0.464. The Kier molecular flexibility index (Phi) is 4.45. The lowest BCUT2D eigenvalue weighted by Gasteiger charge is -2.06. The lowest BCUT2D eigenvalue weighted by molar-refractivity contribution is 0.0693. The Morgan fingerprint density at radius 3 is 2.67 bits per heavy atom. The van der Waals surface area contributed by atoms with Crippen molar-refractivity contribution >= 4 is 16.8 Å². The maximum absolute atomic E-state index is 13.3. The highest BCUT2D eigenvalue weighted by atomic mass is 32.2. The monoisotopic (exact) mass is 303 g/mol. The molecular weight excluding hydrogens is 293 g/mol.